The van der Waals surface area contributed by atoms with E-state index in [2.05, 4.69) is 31.9 Å². The maximum Gasteiger partial charge on any atom is 0.243 e. The second-order valence-electron chi connectivity index (χ2n) is 3.97. The van der Waals surface area contributed by atoms with Gasteiger partial charge in [0.15, 0.2) is 5.82 Å². The van der Waals surface area contributed by atoms with Crippen molar-refractivity contribution >= 4 is 33.4 Å². The van der Waals surface area contributed by atoms with Crippen molar-refractivity contribution in [2.24, 2.45) is 0 Å². The number of halogens is 3. The molecule has 0 aliphatic carbocycles. The summed E-state index contributed by atoms with van der Waals surface area (Å²) in [5.74, 6) is -2.34. The van der Waals surface area contributed by atoms with Gasteiger partial charge in [0.1, 0.15) is 11.9 Å². The van der Waals surface area contributed by atoms with Crippen molar-refractivity contribution in [2.45, 2.75) is 6.04 Å². The lowest BCUT2D eigenvalue weighted by atomic mass is 10.2. The summed E-state index contributed by atoms with van der Waals surface area (Å²) in [7, 11) is 0. The highest BCUT2D eigenvalue weighted by atomic mass is 79.9. The van der Waals surface area contributed by atoms with Gasteiger partial charge in [0.25, 0.3) is 0 Å². The summed E-state index contributed by atoms with van der Waals surface area (Å²) in [6, 6.07) is 1.07. The van der Waals surface area contributed by atoms with Crippen LogP contribution in [-0.4, -0.2) is 30.9 Å². The minimum atomic E-state index is -0.875. The van der Waals surface area contributed by atoms with Crippen LogP contribution < -0.4 is 16.0 Å². The van der Waals surface area contributed by atoms with Crippen molar-refractivity contribution in [1.29, 1.82) is 0 Å². The third-order valence-electron chi connectivity index (χ3n) is 2.58. The van der Waals surface area contributed by atoms with Gasteiger partial charge < -0.3 is 10.6 Å². The number of piperazine rings is 1. The lowest BCUT2D eigenvalue weighted by Gasteiger charge is -2.23. The molecule has 102 valence electrons. The summed E-state index contributed by atoms with van der Waals surface area (Å²) >= 11 is 2.98. The number of carbonyl (C=O) groups excluding carboxylic acids is 2. The standard InChI is InChI=1S/C11H10BrF2N3O2/c12-6-1-5(13)2-7(14)10(6)17-11(19)8-3-16-9(18)4-15-8/h1-2,8,15H,3-4H2,(H,16,18)(H,17,19). The van der Waals surface area contributed by atoms with E-state index in [0.717, 1.165) is 6.07 Å². The van der Waals surface area contributed by atoms with E-state index in [4.69, 9.17) is 0 Å². The van der Waals surface area contributed by atoms with Crippen molar-refractivity contribution in [3.63, 3.8) is 0 Å². The van der Waals surface area contributed by atoms with Gasteiger partial charge in [-0.1, -0.05) is 0 Å². The van der Waals surface area contributed by atoms with Crippen LogP contribution in [0.1, 0.15) is 0 Å². The van der Waals surface area contributed by atoms with Gasteiger partial charge >= 0.3 is 0 Å². The maximum atomic E-state index is 13.5. The zero-order chi connectivity index (χ0) is 14.0. The van der Waals surface area contributed by atoms with Gasteiger partial charge in [-0.3, -0.25) is 14.9 Å². The first-order valence-corrected chi connectivity index (χ1v) is 6.22. The Morgan fingerprint density at radius 1 is 1.42 bits per heavy atom. The molecular weight excluding hydrogens is 324 g/mol. The Hall–Kier alpha value is -1.54. The smallest absolute Gasteiger partial charge is 0.243 e. The monoisotopic (exact) mass is 333 g/mol. The second-order valence-corrected chi connectivity index (χ2v) is 4.83. The molecule has 0 aromatic heterocycles. The SMILES string of the molecule is O=C1CNC(C(=O)Nc2c(F)cc(F)cc2Br)CN1. The predicted molar refractivity (Wildman–Crippen MR) is 67.5 cm³/mol. The van der Waals surface area contributed by atoms with E-state index < -0.39 is 23.6 Å². The first-order chi connectivity index (χ1) is 8.97. The van der Waals surface area contributed by atoms with Crippen molar-refractivity contribution in [3.8, 4) is 0 Å². The molecule has 0 saturated carbocycles. The third-order valence-corrected chi connectivity index (χ3v) is 3.21. The van der Waals surface area contributed by atoms with E-state index >= 15 is 0 Å². The number of nitrogens with one attached hydrogen (secondary N) is 3. The van der Waals surface area contributed by atoms with Crippen LogP contribution in [0.15, 0.2) is 16.6 Å². The highest BCUT2D eigenvalue weighted by Gasteiger charge is 2.25. The summed E-state index contributed by atoms with van der Waals surface area (Å²) in [4.78, 5) is 22.8. The number of hydrogen-bond donors (Lipinski definition) is 3. The van der Waals surface area contributed by atoms with E-state index in [1.807, 2.05) is 0 Å². The van der Waals surface area contributed by atoms with Crippen molar-refractivity contribution < 1.29 is 18.4 Å². The molecule has 1 unspecified atom stereocenters. The largest absolute Gasteiger partial charge is 0.353 e. The van der Waals surface area contributed by atoms with Crippen LogP contribution in [0.3, 0.4) is 0 Å². The Bertz CT molecular complexity index is 506. The fourth-order valence-corrected chi connectivity index (χ4v) is 2.13. The molecule has 0 radical (unpaired) electrons. The van der Waals surface area contributed by atoms with E-state index in [9.17, 15) is 18.4 Å². The average Bonchev–Trinajstić information content (AvgIpc) is 2.34. The van der Waals surface area contributed by atoms with Gasteiger partial charge in [-0.2, -0.15) is 0 Å². The van der Waals surface area contributed by atoms with E-state index in [1.54, 1.807) is 0 Å². The Labute approximate surface area is 115 Å². The fourth-order valence-electron chi connectivity index (χ4n) is 1.62. The number of anilines is 1. The molecule has 1 heterocycles. The molecule has 8 heteroatoms. The second kappa shape index (κ2) is 5.62. The first kappa shape index (κ1) is 13.9. The van der Waals surface area contributed by atoms with Crippen LogP contribution in [0.25, 0.3) is 0 Å². The molecule has 1 aliphatic rings. The topological polar surface area (TPSA) is 70.2 Å². The summed E-state index contributed by atoms with van der Waals surface area (Å²) in [5, 5.41) is 7.56. The molecule has 1 atom stereocenters. The molecular formula is C11H10BrF2N3O2. The number of benzene rings is 1. The van der Waals surface area contributed by atoms with Crippen LogP contribution in [-0.2, 0) is 9.59 Å². The zero-order valence-corrected chi connectivity index (χ0v) is 11.2. The molecule has 19 heavy (non-hydrogen) atoms. The zero-order valence-electron chi connectivity index (χ0n) is 9.60. The molecule has 1 aromatic rings. The van der Waals surface area contributed by atoms with Crippen LogP contribution in [0.4, 0.5) is 14.5 Å². The molecule has 2 amide bonds. The molecule has 1 saturated heterocycles. The molecule has 1 fully saturated rings. The Morgan fingerprint density at radius 3 is 2.74 bits per heavy atom. The third kappa shape index (κ3) is 3.27. The summed E-state index contributed by atoms with van der Waals surface area (Å²) in [6.07, 6.45) is 0. The van der Waals surface area contributed by atoms with E-state index in [-0.39, 0.29) is 29.2 Å². The minimum Gasteiger partial charge on any atom is -0.353 e. The van der Waals surface area contributed by atoms with Gasteiger partial charge in [0.05, 0.1) is 12.2 Å². The quantitative estimate of drug-likeness (QED) is 0.748. The molecule has 0 bridgehead atoms. The maximum absolute atomic E-state index is 13.5. The van der Waals surface area contributed by atoms with E-state index in [1.165, 1.54) is 0 Å². The Morgan fingerprint density at radius 2 is 2.16 bits per heavy atom. The number of amides is 2. The molecule has 3 N–H and O–H groups in total. The van der Waals surface area contributed by atoms with E-state index in [0.29, 0.717) is 6.07 Å². The average molecular weight is 334 g/mol. The number of rotatable bonds is 2. The van der Waals surface area contributed by atoms with Crippen molar-refractivity contribution in [3.05, 3.63) is 28.2 Å². The lowest BCUT2D eigenvalue weighted by Crippen LogP contribution is -2.56. The van der Waals surface area contributed by atoms with Gasteiger partial charge in [-0.15, -0.1) is 0 Å². The molecule has 1 aromatic carbocycles. The van der Waals surface area contributed by atoms with Gasteiger partial charge in [0.2, 0.25) is 11.8 Å². The number of carbonyl (C=O) groups is 2. The molecule has 5 nitrogen and oxygen atoms in total. The van der Waals surface area contributed by atoms with Gasteiger partial charge in [-0.05, 0) is 22.0 Å². The molecule has 0 spiro atoms. The molecule has 1 aliphatic heterocycles. The van der Waals surface area contributed by atoms with Gasteiger partial charge in [0, 0.05) is 17.1 Å². The highest BCUT2D eigenvalue weighted by molar-refractivity contribution is 9.10. The van der Waals surface area contributed by atoms with Crippen LogP contribution in [0.2, 0.25) is 0 Å². The number of hydrogen-bond acceptors (Lipinski definition) is 3. The Kier molecular flexibility index (Phi) is 4.11. The van der Waals surface area contributed by atoms with Crippen LogP contribution >= 0.6 is 15.9 Å². The van der Waals surface area contributed by atoms with Crippen molar-refractivity contribution in [2.75, 3.05) is 18.4 Å². The van der Waals surface area contributed by atoms with Gasteiger partial charge in [-0.25, -0.2) is 8.78 Å². The van der Waals surface area contributed by atoms with Crippen molar-refractivity contribution in [1.82, 2.24) is 10.6 Å². The lowest BCUT2D eigenvalue weighted by molar-refractivity contribution is -0.124. The van der Waals surface area contributed by atoms with Crippen LogP contribution in [0.5, 0.6) is 0 Å². The fraction of sp³-hybridized carbons (Fsp3) is 0.273. The van der Waals surface area contributed by atoms with Crippen LogP contribution in [0, 0.1) is 11.6 Å². The summed E-state index contributed by atoms with van der Waals surface area (Å²) in [5.41, 5.74) is -0.134. The summed E-state index contributed by atoms with van der Waals surface area (Å²) < 4.78 is 26.5. The minimum absolute atomic E-state index is 0.0190. The summed E-state index contributed by atoms with van der Waals surface area (Å²) in [6.45, 7) is 0.135. The molecule has 2 rings (SSSR count). The Balaban J connectivity index is 2.09. The predicted octanol–water partition coefficient (Wildman–Crippen LogP) is 0.754. The highest BCUT2D eigenvalue weighted by Crippen LogP contribution is 2.26. The first-order valence-electron chi connectivity index (χ1n) is 5.43. The normalized spacial score (nSPS) is 18.9.